The Kier molecular flexibility index (Phi) is 4.95. The molecule has 1 aliphatic carbocycles. The highest BCUT2D eigenvalue weighted by Gasteiger charge is 2.17. The predicted molar refractivity (Wildman–Crippen MR) is 78.5 cm³/mol. The Hall–Kier alpha value is -1.14. The normalized spacial score (nSPS) is 16.7. The van der Waals surface area contributed by atoms with Crippen molar-refractivity contribution in [3.05, 3.63) is 35.4 Å². The molecule has 1 fully saturated rings. The van der Waals surface area contributed by atoms with E-state index in [1.54, 1.807) is 0 Å². The van der Waals surface area contributed by atoms with Crippen molar-refractivity contribution in [3.63, 3.8) is 0 Å². The standard InChI is InChI=1S/C15H20NOP/c1-18-11-12-7-5-6-10-14(12)15(17)16-13-8-3-2-4-9-13/h5-7,10,13H,1-4,8-9,11H2,(H,16,17). The van der Waals surface area contributed by atoms with Crippen LogP contribution in [0.1, 0.15) is 48.0 Å². The number of carbonyl (C=O) groups excluding carboxylic acids is 1. The van der Waals surface area contributed by atoms with Gasteiger partial charge in [-0.2, -0.15) is 0 Å². The maximum atomic E-state index is 12.3. The number of hydrogen-bond acceptors (Lipinski definition) is 1. The average molecular weight is 261 g/mol. The summed E-state index contributed by atoms with van der Waals surface area (Å²) in [6.45, 7) is 0. The fourth-order valence-electron chi connectivity index (χ4n) is 2.51. The van der Waals surface area contributed by atoms with Crippen LogP contribution in [0.2, 0.25) is 0 Å². The number of hydrogen-bond donors (Lipinski definition) is 1. The lowest BCUT2D eigenvalue weighted by molar-refractivity contribution is 0.0927. The van der Waals surface area contributed by atoms with Crippen LogP contribution in [0, 0.1) is 0 Å². The fraction of sp³-hybridized carbons (Fsp3) is 0.467. The SMILES string of the molecule is C=PCc1ccccc1C(=O)NC1CCCCC1. The summed E-state index contributed by atoms with van der Waals surface area (Å²) in [5.74, 6) is 0.0844. The molecule has 0 bridgehead atoms. The Balaban J connectivity index is 2.05. The summed E-state index contributed by atoms with van der Waals surface area (Å²) in [5.41, 5.74) is 1.92. The van der Waals surface area contributed by atoms with Crippen LogP contribution in [0.5, 0.6) is 0 Å². The molecule has 1 aromatic carbocycles. The molecule has 1 saturated carbocycles. The Morgan fingerprint density at radius 1 is 1.28 bits per heavy atom. The molecule has 18 heavy (non-hydrogen) atoms. The minimum atomic E-state index is 0.0844. The minimum Gasteiger partial charge on any atom is -0.349 e. The molecular formula is C15H20NOP. The van der Waals surface area contributed by atoms with Crippen LogP contribution in [-0.4, -0.2) is 18.2 Å². The molecule has 3 heteroatoms. The summed E-state index contributed by atoms with van der Waals surface area (Å²) in [5, 5.41) is 3.17. The first kappa shape index (κ1) is 13.3. The first-order chi connectivity index (χ1) is 8.81. The Labute approximate surface area is 111 Å². The van der Waals surface area contributed by atoms with Crippen molar-refractivity contribution in [2.45, 2.75) is 44.3 Å². The highest BCUT2D eigenvalue weighted by Crippen LogP contribution is 2.19. The number of amides is 1. The Bertz CT molecular complexity index is 424. The zero-order chi connectivity index (χ0) is 12.8. The molecule has 0 heterocycles. The molecule has 1 aromatic rings. The van der Waals surface area contributed by atoms with Gasteiger partial charge in [0.25, 0.3) is 5.91 Å². The molecule has 0 saturated heterocycles. The van der Waals surface area contributed by atoms with Crippen LogP contribution >= 0.6 is 8.20 Å². The number of carbonyl (C=O) groups is 1. The van der Waals surface area contributed by atoms with Gasteiger partial charge in [-0.05, 0) is 24.5 Å². The maximum Gasteiger partial charge on any atom is 0.251 e. The maximum absolute atomic E-state index is 12.3. The van der Waals surface area contributed by atoms with E-state index in [9.17, 15) is 4.79 Å². The van der Waals surface area contributed by atoms with Gasteiger partial charge in [-0.15, -0.1) is 8.20 Å². The zero-order valence-electron chi connectivity index (χ0n) is 10.7. The Morgan fingerprint density at radius 2 is 2.00 bits per heavy atom. The summed E-state index contributed by atoms with van der Waals surface area (Å²) in [6, 6.07) is 8.22. The van der Waals surface area contributed by atoms with E-state index in [0.29, 0.717) is 6.04 Å². The van der Waals surface area contributed by atoms with E-state index < -0.39 is 0 Å². The van der Waals surface area contributed by atoms with E-state index in [1.165, 1.54) is 19.3 Å². The Morgan fingerprint density at radius 3 is 2.72 bits per heavy atom. The second kappa shape index (κ2) is 6.70. The molecule has 1 amide bonds. The lowest BCUT2D eigenvalue weighted by Crippen LogP contribution is -2.36. The minimum absolute atomic E-state index is 0.0844. The van der Waals surface area contributed by atoms with Crippen LogP contribution in [0.3, 0.4) is 0 Å². The topological polar surface area (TPSA) is 29.1 Å². The highest BCUT2D eigenvalue weighted by molar-refractivity contribution is 7.35. The van der Waals surface area contributed by atoms with E-state index in [4.69, 9.17) is 0 Å². The van der Waals surface area contributed by atoms with Gasteiger partial charge >= 0.3 is 0 Å². The summed E-state index contributed by atoms with van der Waals surface area (Å²) in [6.07, 6.45) is 10.7. The van der Waals surface area contributed by atoms with Gasteiger partial charge in [0.1, 0.15) is 0 Å². The lowest BCUT2D eigenvalue weighted by atomic mass is 9.95. The van der Waals surface area contributed by atoms with Crippen molar-refractivity contribution < 1.29 is 4.79 Å². The van der Waals surface area contributed by atoms with Crippen molar-refractivity contribution in [1.82, 2.24) is 5.32 Å². The molecule has 1 aliphatic rings. The number of rotatable bonds is 4. The summed E-state index contributed by atoms with van der Waals surface area (Å²) in [7, 11) is 1.05. The molecule has 2 rings (SSSR count). The van der Waals surface area contributed by atoms with Gasteiger partial charge in [0.05, 0.1) is 0 Å². The van der Waals surface area contributed by atoms with Crippen LogP contribution in [0.25, 0.3) is 0 Å². The monoisotopic (exact) mass is 261 g/mol. The number of benzene rings is 1. The third kappa shape index (κ3) is 3.43. The number of nitrogens with one attached hydrogen (secondary N) is 1. The zero-order valence-corrected chi connectivity index (χ0v) is 11.6. The third-order valence-electron chi connectivity index (χ3n) is 3.48. The molecule has 0 unspecified atom stereocenters. The van der Waals surface area contributed by atoms with Crippen LogP contribution in [0.4, 0.5) is 0 Å². The van der Waals surface area contributed by atoms with Crippen LogP contribution < -0.4 is 5.32 Å². The van der Waals surface area contributed by atoms with E-state index >= 15 is 0 Å². The molecule has 2 nitrogen and oxygen atoms in total. The molecular weight excluding hydrogens is 241 g/mol. The average Bonchev–Trinajstić information content (AvgIpc) is 2.41. The second-order valence-corrected chi connectivity index (χ2v) is 5.61. The smallest absolute Gasteiger partial charge is 0.251 e. The van der Waals surface area contributed by atoms with Gasteiger partial charge in [-0.1, -0.05) is 43.8 Å². The van der Waals surface area contributed by atoms with E-state index in [-0.39, 0.29) is 5.91 Å². The fourth-order valence-corrected chi connectivity index (χ4v) is 3.03. The van der Waals surface area contributed by atoms with Crippen molar-refractivity contribution in [2.75, 3.05) is 0 Å². The predicted octanol–water partition coefficient (Wildman–Crippen LogP) is 3.63. The van der Waals surface area contributed by atoms with Crippen molar-refractivity contribution in [2.24, 2.45) is 0 Å². The lowest BCUT2D eigenvalue weighted by Gasteiger charge is -2.23. The van der Waals surface area contributed by atoms with Crippen molar-refractivity contribution in [3.8, 4) is 0 Å². The van der Waals surface area contributed by atoms with Gasteiger partial charge in [0, 0.05) is 17.8 Å². The molecule has 0 radical (unpaired) electrons. The van der Waals surface area contributed by atoms with Gasteiger partial charge in [0.15, 0.2) is 0 Å². The molecule has 0 aliphatic heterocycles. The molecule has 96 valence electrons. The van der Waals surface area contributed by atoms with Gasteiger partial charge in [-0.25, -0.2) is 0 Å². The largest absolute Gasteiger partial charge is 0.349 e. The van der Waals surface area contributed by atoms with Crippen molar-refractivity contribution in [1.29, 1.82) is 0 Å². The molecule has 0 atom stereocenters. The quantitative estimate of drug-likeness (QED) is 0.824. The van der Waals surface area contributed by atoms with E-state index in [0.717, 1.165) is 38.3 Å². The van der Waals surface area contributed by atoms with E-state index in [1.807, 2.05) is 24.3 Å². The summed E-state index contributed by atoms with van der Waals surface area (Å²) in [4.78, 5) is 12.3. The summed E-state index contributed by atoms with van der Waals surface area (Å²) >= 11 is 0. The molecule has 0 spiro atoms. The highest BCUT2D eigenvalue weighted by atomic mass is 31.1. The van der Waals surface area contributed by atoms with Crippen LogP contribution in [-0.2, 0) is 6.16 Å². The van der Waals surface area contributed by atoms with E-state index in [2.05, 4.69) is 11.6 Å². The van der Waals surface area contributed by atoms with Crippen LogP contribution in [0.15, 0.2) is 24.3 Å². The van der Waals surface area contributed by atoms with Gasteiger partial charge in [-0.3, -0.25) is 4.79 Å². The third-order valence-corrected chi connectivity index (χ3v) is 4.05. The summed E-state index contributed by atoms with van der Waals surface area (Å²) < 4.78 is 0. The molecule has 0 aromatic heterocycles. The first-order valence-corrected chi connectivity index (χ1v) is 7.89. The second-order valence-electron chi connectivity index (χ2n) is 4.85. The van der Waals surface area contributed by atoms with Gasteiger partial charge < -0.3 is 5.32 Å². The first-order valence-electron chi connectivity index (χ1n) is 6.62. The van der Waals surface area contributed by atoms with Gasteiger partial charge in [0.2, 0.25) is 0 Å². The molecule has 1 N–H and O–H groups in total. The van der Waals surface area contributed by atoms with Crippen molar-refractivity contribution >= 4 is 20.4 Å².